The van der Waals surface area contributed by atoms with Crippen molar-refractivity contribution in [2.45, 2.75) is 0 Å². The summed E-state index contributed by atoms with van der Waals surface area (Å²) < 4.78 is 9.48. The molecule has 5 aromatic carbocycles. The molecule has 230 valence electrons. The third-order valence-electron chi connectivity index (χ3n) is 8.57. The van der Waals surface area contributed by atoms with Gasteiger partial charge in [0.1, 0.15) is 16.2 Å². The second kappa shape index (κ2) is 11.0. The quantitative estimate of drug-likeness (QED) is 0.183. The Morgan fingerprint density at radius 1 is 0.531 bits per heavy atom. The van der Waals surface area contributed by atoms with Crippen molar-refractivity contribution in [3.05, 3.63) is 140 Å². The normalized spacial score (nSPS) is 11.7. The summed E-state index contributed by atoms with van der Waals surface area (Å²) in [5, 5.41) is 3.12. The van der Waals surface area contributed by atoms with Gasteiger partial charge in [0.25, 0.3) is 0 Å². The summed E-state index contributed by atoms with van der Waals surface area (Å²) in [5.74, 6) is 1.97. The van der Waals surface area contributed by atoms with E-state index in [2.05, 4.69) is 64.1 Å². The number of thiazole rings is 1. The van der Waals surface area contributed by atoms with Crippen LogP contribution in [0.15, 0.2) is 144 Å². The minimum absolute atomic E-state index is 0.469. The molecule has 49 heavy (non-hydrogen) atoms. The summed E-state index contributed by atoms with van der Waals surface area (Å²) >= 11 is 1.64. The number of rotatable bonds is 5. The van der Waals surface area contributed by atoms with Gasteiger partial charge >= 0.3 is 0 Å². The van der Waals surface area contributed by atoms with Crippen molar-refractivity contribution in [3.63, 3.8) is 0 Å². The molecule has 0 saturated heterocycles. The number of oxazole rings is 1. The summed E-state index contributed by atoms with van der Waals surface area (Å²) in [6, 6.07) is 44.5. The van der Waals surface area contributed by atoms with E-state index in [1.165, 1.54) is 0 Å². The van der Waals surface area contributed by atoms with Crippen LogP contribution in [0.5, 0.6) is 0 Å². The molecular formula is C40H23N7OS. The number of fused-ring (bicyclic) bond motifs is 5. The summed E-state index contributed by atoms with van der Waals surface area (Å²) in [5.41, 5.74) is 7.58. The molecule has 0 saturated carbocycles. The Bertz CT molecular complexity index is 2640. The first-order chi connectivity index (χ1) is 24.2. The maximum Gasteiger partial charge on any atom is 0.238 e. The van der Waals surface area contributed by atoms with Gasteiger partial charge < -0.3 is 4.42 Å². The lowest BCUT2D eigenvalue weighted by molar-refractivity contribution is 0.620. The Labute approximate surface area is 283 Å². The van der Waals surface area contributed by atoms with E-state index in [0.717, 1.165) is 64.8 Å². The highest BCUT2D eigenvalue weighted by Gasteiger charge is 2.20. The zero-order valence-corrected chi connectivity index (χ0v) is 26.5. The lowest BCUT2D eigenvalue weighted by atomic mass is 10.0. The minimum Gasteiger partial charge on any atom is -0.436 e. The number of para-hydroxylation sites is 5. The maximum atomic E-state index is 6.27. The van der Waals surface area contributed by atoms with Crippen LogP contribution in [0.4, 0.5) is 0 Å². The molecule has 0 spiro atoms. The molecule has 9 heteroatoms. The van der Waals surface area contributed by atoms with Crippen LogP contribution in [0.25, 0.3) is 94.0 Å². The number of hydrogen-bond acceptors (Lipinski definition) is 8. The average Bonchev–Trinajstić information content (AvgIpc) is 3.89. The Morgan fingerprint density at radius 2 is 1.20 bits per heavy atom. The zero-order valence-electron chi connectivity index (χ0n) is 25.7. The van der Waals surface area contributed by atoms with Crippen molar-refractivity contribution >= 4 is 54.5 Å². The molecule has 0 bridgehead atoms. The fraction of sp³-hybridized carbons (Fsp3) is 0. The first kappa shape index (κ1) is 27.5. The van der Waals surface area contributed by atoms with Gasteiger partial charge in [-0.05, 0) is 66.7 Å². The summed E-state index contributed by atoms with van der Waals surface area (Å²) in [7, 11) is 0. The predicted molar refractivity (Wildman–Crippen MR) is 194 cm³/mol. The molecule has 0 amide bonds. The molecule has 0 N–H and O–H groups in total. The van der Waals surface area contributed by atoms with E-state index in [-0.39, 0.29) is 0 Å². The summed E-state index contributed by atoms with van der Waals surface area (Å²) in [6.45, 7) is 0. The maximum absolute atomic E-state index is 6.27. The molecule has 0 aliphatic carbocycles. The van der Waals surface area contributed by atoms with Gasteiger partial charge in [-0.15, -0.1) is 11.3 Å². The Hall–Kier alpha value is -6.58. The Kier molecular flexibility index (Phi) is 6.18. The first-order valence-corrected chi connectivity index (χ1v) is 16.6. The highest BCUT2D eigenvalue weighted by Crippen LogP contribution is 2.37. The van der Waals surface area contributed by atoms with Gasteiger partial charge in [-0.25, -0.2) is 15.0 Å². The molecule has 5 heterocycles. The third kappa shape index (κ3) is 4.67. The number of aromatic nitrogens is 7. The van der Waals surface area contributed by atoms with Crippen LogP contribution in [0, 0.1) is 0 Å². The molecule has 0 aliphatic rings. The highest BCUT2D eigenvalue weighted by molar-refractivity contribution is 7.21. The second-order valence-electron chi connectivity index (χ2n) is 11.6. The van der Waals surface area contributed by atoms with Crippen molar-refractivity contribution in [2.75, 3.05) is 0 Å². The SMILES string of the molecule is c1ccc(-c2nc(-c3cc(-c4nc5ccccc5o4)cc(-c4nc5ccccc5s4)c3)nc(-n3c4ccccc4c4ccccc43)n2)nc1. The van der Waals surface area contributed by atoms with Crippen molar-refractivity contribution in [3.8, 4) is 50.9 Å². The average molecular weight is 650 g/mol. The zero-order chi connectivity index (χ0) is 32.3. The van der Waals surface area contributed by atoms with E-state index >= 15 is 0 Å². The number of hydrogen-bond donors (Lipinski definition) is 0. The van der Waals surface area contributed by atoms with Gasteiger partial charge in [0, 0.05) is 33.7 Å². The predicted octanol–water partition coefficient (Wildman–Crippen LogP) is 9.78. The summed E-state index contributed by atoms with van der Waals surface area (Å²) in [4.78, 5) is 29.7. The van der Waals surface area contributed by atoms with E-state index in [1.54, 1.807) is 17.5 Å². The monoisotopic (exact) mass is 649 g/mol. The number of benzene rings is 5. The fourth-order valence-electron chi connectivity index (χ4n) is 6.34. The molecule has 10 rings (SSSR count). The lowest BCUT2D eigenvalue weighted by Crippen LogP contribution is -2.07. The van der Waals surface area contributed by atoms with Gasteiger partial charge in [-0.1, -0.05) is 66.7 Å². The minimum atomic E-state index is 0.469. The van der Waals surface area contributed by atoms with Gasteiger partial charge in [-0.3, -0.25) is 9.55 Å². The van der Waals surface area contributed by atoms with Gasteiger partial charge in [0.15, 0.2) is 17.2 Å². The van der Waals surface area contributed by atoms with Crippen molar-refractivity contribution in [1.82, 2.24) is 34.5 Å². The Morgan fingerprint density at radius 3 is 1.98 bits per heavy atom. The molecule has 0 fully saturated rings. The molecular weight excluding hydrogens is 627 g/mol. The largest absolute Gasteiger partial charge is 0.436 e. The fourth-order valence-corrected chi connectivity index (χ4v) is 7.29. The summed E-state index contributed by atoms with van der Waals surface area (Å²) in [6.07, 6.45) is 1.75. The van der Waals surface area contributed by atoms with E-state index in [0.29, 0.717) is 29.2 Å². The standard InChI is InChI=1S/C40H23N7OS/c1-5-16-32-27(11-1)28-12-2-6-17-33(28)47(32)40-45-36(44-37(46-40)31-15-9-10-20-41-31)24-21-25(38-42-29-13-3-7-18-34(29)48-38)23-26(22-24)39-43-30-14-4-8-19-35(30)49-39/h1-23H. The van der Waals surface area contributed by atoms with Crippen LogP contribution in [-0.4, -0.2) is 34.5 Å². The van der Waals surface area contributed by atoms with Crippen LogP contribution in [-0.2, 0) is 0 Å². The van der Waals surface area contributed by atoms with E-state index in [4.69, 9.17) is 29.3 Å². The topological polar surface area (TPSA) is 95.4 Å². The molecule has 0 atom stereocenters. The number of pyridine rings is 1. The van der Waals surface area contributed by atoms with Crippen molar-refractivity contribution in [1.29, 1.82) is 0 Å². The number of nitrogens with zero attached hydrogens (tertiary/aromatic N) is 7. The van der Waals surface area contributed by atoms with Crippen molar-refractivity contribution in [2.24, 2.45) is 0 Å². The second-order valence-corrected chi connectivity index (χ2v) is 12.7. The van der Waals surface area contributed by atoms with Crippen LogP contribution >= 0.6 is 11.3 Å². The van der Waals surface area contributed by atoms with Crippen LogP contribution < -0.4 is 0 Å². The third-order valence-corrected chi connectivity index (χ3v) is 9.66. The van der Waals surface area contributed by atoms with Crippen molar-refractivity contribution < 1.29 is 4.42 Å². The van der Waals surface area contributed by atoms with Gasteiger partial charge in [-0.2, -0.15) is 9.97 Å². The molecule has 10 aromatic rings. The smallest absolute Gasteiger partial charge is 0.238 e. The highest BCUT2D eigenvalue weighted by atomic mass is 32.1. The first-order valence-electron chi connectivity index (χ1n) is 15.8. The van der Waals surface area contributed by atoms with Crippen LogP contribution in [0.2, 0.25) is 0 Å². The molecule has 5 aromatic heterocycles. The van der Waals surface area contributed by atoms with Crippen LogP contribution in [0.3, 0.4) is 0 Å². The Balaban J connectivity index is 1.25. The van der Waals surface area contributed by atoms with E-state index in [9.17, 15) is 0 Å². The molecule has 0 radical (unpaired) electrons. The molecule has 0 aliphatic heterocycles. The lowest BCUT2D eigenvalue weighted by Gasteiger charge is -2.11. The van der Waals surface area contributed by atoms with E-state index in [1.807, 2.05) is 78.9 Å². The molecule has 8 nitrogen and oxygen atoms in total. The van der Waals surface area contributed by atoms with Gasteiger partial charge in [0.05, 0.1) is 21.3 Å². The molecule has 0 unspecified atom stereocenters. The van der Waals surface area contributed by atoms with Crippen LogP contribution in [0.1, 0.15) is 0 Å². The van der Waals surface area contributed by atoms with Gasteiger partial charge in [0.2, 0.25) is 11.8 Å². The van der Waals surface area contributed by atoms with E-state index < -0.39 is 0 Å².